The maximum atomic E-state index is 8.93. The highest BCUT2D eigenvalue weighted by molar-refractivity contribution is 5.85. The van der Waals surface area contributed by atoms with Gasteiger partial charge in [-0.3, -0.25) is 4.90 Å². The maximum Gasteiger partial charge on any atom is 0.128 e. The standard InChI is InChI=1S/C23H26N4O.2ClH/c24-15-18-5-6-22(25-16-18)27-13-11-26(12-14-27)20-7-9-23(10-8-20)21-4-2-1-3-19(21)17-28-23;;/h1-6,16,20H,7-14,17H2;2*1H. The maximum absolute atomic E-state index is 8.93. The zero-order valence-corrected chi connectivity index (χ0v) is 18.6. The fourth-order valence-electron chi connectivity index (χ4n) is 5.19. The molecule has 0 bridgehead atoms. The molecule has 2 fully saturated rings. The summed E-state index contributed by atoms with van der Waals surface area (Å²) in [5, 5.41) is 8.93. The summed E-state index contributed by atoms with van der Waals surface area (Å²) in [6.45, 7) is 4.93. The number of pyridine rings is 1. The fraction of sp³-hybridized carbons (Fsp3) is 0.478. The lowest BCUT2D eigenvalue weighted by Gasteiger charge is -2.44. The Morgan fingerprint density at radius 2 is 1.73 bits per heavy atom. The molecule has 1 saturated carbocycles. The van der Waals surface area contributed by atoms with Crippen LogP contribution in [0.4, 0.5) is 5.82 Å². The Bertz CT molecular complexity index is 883. The Hall–Kier alpha value is -1.84. The van der Waals surface area contributed by atoms with Gasteiger partial charge in [-0.15, -0.1) is 24.8 Å². The van der Waals surface area contributed by atoms with E-state index in [1.54, 1.807) is 6.20 Å². The van der Waals surface area contributed by atoms with Crippen molar-refractivity contribution in [1.82, 2.24) is 9.88 Å². The summed E-state index contributed by atoms with van der Waals surface area (Å²) in [5.41, 5.74) is 3.41. The number of fused-ring (bicyclic) bond motifs is 2. The monoisotopic (exact) mass is 446 g/mol. The highest BCUT2D eigenvalue weighted by Gasteiger charge is 2.43. The first-order chi connectivity index (χ1) is 13.8. The van der Waals surface area contributed by atoms with Crippen LogP contribution in [0.3, 0.4) is 0 Å². The number of ether oxygens (including phenoxy) is 1. The van der Waals surface area contributed by atoms with E-state index in [2.05, 4.69) is 45.1 Å². The van der Waals surface area contributed by atoms with Crippen LogP contribution in [0.2, 0.25) is 0 Å². The van der Waals surface area contributed by atoms with Crippen LogP contribution >= 0.6 is 24.8 Å². The van der Waals surface area contributed by atoms with E-state index in [4.69, 9.17) is 10.00 Å². The summed E-state index contributed by atoms with van der Waals surface area (Å²) in [6, 6.07) is 15.4. The van der Waals surface area contributed by atoms with Gasteiger partial charge in [0.25, 0.3) is 0 Å². The van der Waals surface area contributed by atoms with Crippen molar-refractivity contribution in [1.29, 1.82) is 5.26 Å². The van der Waals surface area contributed by atoms with E-state index < -0.39 is 0 Å². The van der Waals surface area contributed by atoms with Crippen LogP contribution in [0.1, 0.15) is 42.4 Å². The molecule has 7 heteroatoms. The van der Waals surface area contributed by atoms with E-state index >= 15 is 0 Å². The lowest BCUT2D eigenvalue weighted by Crippen LogP contribution is -2.52. The van der Waals surface area contributed by atoms with Gasteiger partial charge in [0.2, 0.25) is 0 Å². The second-order valence-electron chi connectivity index (χ2n) is 8.21. The van der Waals surface area contributed by atoms with Crippen LogP contribution < -0.4 is 4.90 Å². The van der Waals surface area contributed by atoms with E-state index in [0.29, 0.717) is 11.6 Å². The van der Waals surface area contributed by atoms with Gasteiger partial charge in [0, 0.05) is 38.4 Å². The summed E-state index contributed by atoms with van der Waals surface area (Å²) < 4.78 is 6.32. The number of benzene rings is 1. The minimum absolute atomic E-state index is 0. The van der Waals surface area contributed by atoms with Crippen molar-refractivity contribution >= 4 is 30.6 Å². The van der Waals surface area contributed by atoms with E-state index in [0.717, 1.165) is 51.4 Å². The molecule has 3 aliphatic rings. The van der Waals surface area contributed by atoms with Crippen LogP contribution in [-0.4, -0.2) is 42.1 Å². The molecule has 1 aromatic carbocycles. The van der Waals surface area contributed by atoms with Crippen molar-refractivity contribution in [3.8, 4) is 6.07 Å². The zero-order valence-electron chi connectivity index (χ0n) is 17.0. The molecule has 0 atom stereocenters. The number of piperazine rings is 1. The molecule has 0 unspecified atom stereocenters. The molecule has 5 nitrogen and oxygen atoms in total. The van der Waals surface area contributed by atoms with Gasteiger partial charge >= 0.3 is 0 Å². The predicted molar refractivity (Wildman–Crippen MR) is 122 cm³/mol. The van der Waals surface area contributed by atoms with Gasteiger partial charge in [-0.1, -0.05) is 24.3 Å². The summed E-state index contributed by atoms with van der Waals surface area (Å²) in [7, 11) is 0. The Morgan fingerprint density at radius 1 is 1.00 bits per heavy atom. The number of hydrogen-bond donors (Lipinski definition) is 0. The molecule has 30 heavy (non-hydrogen) atoms. The van der Waals surface area contributed by atoms with E-state index in [-0.39, 0.29) is 30.4 Å². The smallest absolute Gasteiger partial charge is 0.128 e. The number of hydrogen-bond acceptors (Lipinski definition) is 5. The minimum Gasteiger partial charge on any atom is -0.366 e. The van der Waals surface area contributed by atoms with Gasteiger partial charge in [-0.05, 0) is 48.9 Å². The molecular weight excluding hydrogens is 419 g/mol. The summed E-state index contributed by atoms with van der Waals surface area (Å²) >= 11 is 0. The summed E-state index contributed by atoms with van der Waals surface area (Å²) in [4.78, 5) is 9.44. The molecule has 3 heterocycles. The van der Waals surface area contributed by atoms with E-state index in [9.17, 15) is 0 Å². The average molecular weight is 447 g/mol. The highest BCUT2D eigenvalue weighted by Crippen LogP contribution is 2.47. The molecule has 0 radical (unpaired) electrons. The second-order valence-corrected chi connectivity index (χ2v) is 8.21. The SMILES string of the molecule is Cl.Cl.N#Cc1ccc(N2CCN(C3CCC4(CC3)OCc3ccccc34)CC2)nc1. The highest BCUT2D eigenvalue weighted by atomic mass is 35.5. The first kappa shape index (κ1) is 22.8. The Labute approximate surface area is 190 Å². The van der Waals surface area contributed by atoms with Crippen LogP contribution in [0, 0.1) is 11.3 Å². The second kappa shape index (κ2) is 9.53. The number of rotatable bonds is 2. The molecule has 0 N–H and O–H groups in total. The molecule has 1 aromatic heterocycles. The largest absolute Gasteiger partial charge is 0.366 e. The third-order valence-corrected chi connectivity index (χ3v) is 6.81. The molecule has 1 spiro atoms. The molecule has 2 aromatic rings. The number of anilines is 1. The fourth-order valence-corrected chi connectivity index (χ4v) is 5.19. The third kappa shape index (κ3) is 4.15. The topological polar surface area (TPSA) is 52.4 Å². The zero-order chi connectivity index (χ0) is 19.0. The van der Waals surface area contributed by atoms with E-state index in [1.165, 1.54) is 24.0 Å². The van der Waals surface area contributed by atoms with Crippen molar-refractivity contribution in [2.24, 2.45) is 0 Å². The molecule has 2 aliphatic heterocycles. The Balaban J connectivity index is 0.00000128. The third-order valence-electron chi connectivity index (χ3n) is 6.81. The van der Waals surface area contributed by atoms with Gasteiger partial charge in [0.15, 0.2) is 0 Å². The number of aromatic nitrogens is 1. The molecule has 1 saturated heterocycles. The van der Waals surface area contributed by atoms with Gasteiger partial charge in [-0.2, -0.15) is 5.26 Å². The first-order valence-electron chi connectivity index (χ1n) is 10.3. The molecule has 160 valence electrons. The summed E-state index contributed by atoms with van der Waals surface area (Å²) in [6.07, 6.45) is 6.35. The van der Waals surface area contributed by atoms with Crippen molar-refractivity contribution in [3.05, 3.63) is 59.3 Å². The van der Waals surface area contributed by atoms with Gasteiger partial charge in [-0.25, -0.2) is 4.98 Å². The lowest BCUT2D eigenvalue weighted by atomic mass is 9.77. The van der Waals surface area contributed by atoms with Crippen LogP contribution in [0.15, 0.2) is 42.6 Å². The molecule has 0 amide bonds. The van der Waals surface area contributed by atoms with Crippen LogP contribution in [0.5, 0.6) is 0 Å². The van der Waals surface area contributed by atoms with Crippen LogP contribution in [0.25, 0.3) is 0 Å². The minimum atomic E-state index is -0.0265. The quantitative estimate of drug-likeness (QED) is 0.688. The molecular formula is C23H28Cl2N4O. The van der Waals surface area contributed by atoms with Crippen molar-refractivity contribution in [2.45, 2.75) is 43.9 Å². The van der Waals surface area contributed by atoms with Crippen LogP contribution in [-0.2, 0) is 16.9 Å². The lowest BCUT2D eigenvalue weighted by molar-refractivity contribution is -0.0777. The predicted octanol–water partition coefficient (Wildman–Crippen LogP) is 4.29. The van der Waals surface area contributed by atoms with Crippen molar-refractivity contribution < 1.29 is 4.74 Å². The van der Waals surface area contributed by atoms with E-state index in [1.807, 2.05) is 12.1 Å². The average Bonchev–Trinajstić information content (AvgIpc) is 3.13. The Kier molecular flexibility index (Phi) is 7.26. The normalized spacial score (nSPS) is 25.7. The van der Waals surface area contributed by atoms with Crippen molar-refractivity contribution in [3.63, 3.8) is 0 Å². The Morgan fingerprint density at radius 3 is 2.40 bits per heavy atom. The van der Waals surface area contributed by atoms with Gasteiger partial charge in [0.05, 0.1) is 17.8 Å². The summed E-state index contributed by atoms with van der Waals surface area (Å²) in [5.74, 6) is 0.984. The first-order valence-corrected chi connectivity index (χ1v) is 10.3. The van der Waals surface area contributed by atoms with Gasteiger partial charge < -0.3 is 9.64 Å². The molecule has 5 rings (SSSR count). The molecule has 1 aliphatic carbocycles. The number of nitrogens with zero attached hydrogens (tertiary/aromatic N) is 4. The van der Waals surface area contributed by atoms with Crippen molar-refractivity contribution in [2.75, 3.05) is 31.1 Å². The van der Waals surface area contributed by atoms with Gasteiger partial charge in [0.1, 0.15) is 11.9 Å². The number of halogens is 2. The number of nitriles is 1.